The summed E-state index contributed by atoms with van der Waals surface area (Å²) in [4.78, 5) is 10.3. The van der Waals surface area contributed by atoms with Crippen molar-refractivity contribution in [3.63, 3.8) is 0 Å². The predicted octanol–water partition coefficient (Wildman–Crippen LogP) is 12.1. The molecule has 10 aromatic rings. The van der Waals surface area contributed by atoms with Gasteiger partial charge in [0, 0.05) is 53.1 Å². The van der Waals surface area contributed by atoms with Crippen LogP contribution in [0.1, 0.15) is 0 Å². The SMILES string of the molecule is c1cc(-c2nc3c4c(cccc4n2)-c2ccccc2-3)cc(-n2c3ccccc3c3cc(-c4ccc5sc6ccccc6c5c4)ccc32)c1. The smallest absolute Gasteiger partial charge is 0.160 e. The molecule has 0 saturated carbocycles. The van der Waals surface area contributed by atoms with Crippen molar-refractivity contribution in [3.05, 3.63) is 152 Å². The Hall–Kier alpha value is -6.10. The van der Waals surface area contributed by atoms with E-state index in [1.54, 1.807) is 0 Å². The Morgan fingerprint density at radius 3 is 2.08 bits per heavy atom. The summed E-state index contributed by atoms with van der Waals surface area (Å²) in [6.45, 7) is 0. The highest BCUT2D eigenvalue weighted by Crippen LogP contribution is 2.46. The molecule has 0 bridgehead atoms. The van der Waals surface area contributed by atoms with E-state index in [1.807, 2.05) is 11.3 Å². The van der Waals surface area contributed by atoms with Crippen molar-refractivity contribution < 1.29 is 0 Å². The highest BCUT2D eigenvalue weighted by atomic mass is 32.1. The monoisotopic (exact) mass is 627 g/mol. The third kappa shape index (κ3) is 3.63. The quantitative estimate of drug-likeness (QED) is 0.195. The molecule has 48 heavy (non-hydrogen) atoms. The van der Waals surface area contributed by atoms with E-state index >= 15 is 0 Å². The van der Waals surface area contributed by atoms with Crippen LogP contribution in [0.2, 0.25) is 0 Å². The molecule has 0 saturated heterocycles. The number of hydrogen-bond acceptors (Lipinski definition) is 3. The van der Waals surface area contributed by atoms with Gasteiger partial charge in [-0.3, -0.25) is 0 Å². The maximum atomic E-state index is 5.19. The van der Waals surface area contributed by atoms with Gasteiger partial charge in [0.25, 0.3) is 0 Å². The molecular weight excluding hydrogens is 603 g/mol. The van der Waals surface area contributed by atoms with E-state index in [0.717, 1.165) is 33.7 Å². The van der Waals surface area contributed by atoms with Gasteiger partial charge in [0.05, 0.1) is 22.2 Å². The fraction of sp³-hybridized carbons (Fsp3) is 0. The lowest BCUT2D eigenvalue weighted by Crippen LogP contribution is -1.97. The van der Waals surface area contributed by atoms with E-state index in [4.69, 9.17) is 9.97 Å². The Morgan fingerprint density at radius 2 is 1.15 bits per heavy atom. The van der Waals surface area contributed by atoms with Crippen LogP contribution in [0.4, 0.5) is 0 Å². The molecular formula is C44H25N3S. The number of aromatic nitrogens is 3. The molecule has 0 radical (unpaired) electrons. The molecule has 0 unspecified atom stereocenters. The van der Waals surface area contributed by atoms with Crippen LogP contribution in [-0.2, 0) is 0 Å². The van der Waals surface area contributed by atoms with Crippen LogP contribution in [0.3, 0.4) is 0 Å². The van der Waals surface area contributed by atoms with Crippen LogP contribution < -0.4 is 0 Å². The summed E-state index contributed by atoms with van der Waals surface area (Å²) in [5.41, 5.74) is 12.5. The first-order valence-electron chi connectivity index (χ1n) is 16.2. The molecule has 7 aromatic carbocycles. The largest absolute Gasteiger partial charge is 0.309 e. The molecule has 1 aliphatic carbocycles. The molecule has 11 rings (SSSR count). The topological polar surface area (TPSA) is 30.7 Å². The maximum absolute atomic E-state index is 5.19. The zero-order chi connectivity index (χ0) is 31.3. The Labute approximate surface area is 280 Å². The second-order valence-electron chi connectivity index (χ2n) is 12.6. The van der Waals surface area contributed by atoms with Crippen molar-refractivity contribution in [1.82, 2.24) is 14.5 Å². The van der Waals surface area contributed by atoms with Gasteiger partial charge < -0.3 is 4.57 Å². The molecule has 1 aliphatic rings. The summed E-state index contributed by atoms with van der Waals surface area (Å²) in [7, 11) is 0. The third-order valence-corrected chi connectivity index (χ3v) is 11.1. The van der Waals surface area contributed by atoms with Crippen molar-refractivity contribution in [2.75, 3.05) is 0 Å². The lowest BCUT2D eigenvalue weighted by Gasteiger charge is -2.11. The predicted molar refractivity (Wildman–Crippen MR) is 202 cm³/mol. The van der Waals surface area contributed by atoms with E-state index in [9.17, 15) is 0 Å². The van der Waals surface area contributed by atoms with Crippen LogP contribution in [0.15, 0.2) is 152 Å². The number of nitrogens with zero attached hydrogens (tertiary/aromatic N) is 3. The molecule has 0 N–H and O–H groups in total. The van der Waals surface area contributed by atoms with Gasteiger partial charge in [-0.05, 0) is 76.9 Å². The number of rotatable bonds is 3. The summed E-state index contributed by atoms with van der Waals surface area (Å²) >= 11 is 1.86. The highest BCUT2D eigenvalue weighted by Gasteiger charge is 2.24. The lowest BCUT2D eigenvalue weighted by molar-refractivity contribution is 1.17. The number of thiophene rings is 1. The molecule has 0 atom stereocenters. The highest BCUT2D eigenvalue weighted by molar-refractivity contribution is 7.25. The van der Waals surface area contributed by atoms with Gasteiger partial charge in [-0.2, -0.15) is 0 Å². The average Bonchev–Trinajstić information content (AvgIpc) is 3.80. The van der Waals surface area contributed by atoms with Gasteiger partial charge in [0.2, 0.25) is 0 Å². The Balaban J connectivity index is 1.07. The second kappa shape index (κ2) is 9.71. The van der Waals surface area contributed by atoms with Crippen molar-refractivity contribution >= 4 is 64.2 Å². The van der Waals surface area contributed by atoms with Gasteiger partial charge in [-0.15, -0.1) is 11.3 Å². The molecule has 0 aliphatic heterocycles. The molecule has 0 amide bonds. The van der Waals surface area contributed by atoms with Crippen molar-refractivity contribution in [2.45, 2.75) is 0 Å². The Morgan fingerprint density at radius 1 is 0.438 bits per heavy atom. The van der Waals surface area contributed by atoms with Crippen LogP contribution in [-0.4, -0.2) is 14.5 Å². The first-order valence-corrected chi connectivity index (χ1v) is 17.1. The zero-order valence-corrected chi connectivity index (χ0v) is 26.5. The zero-order valence-electron chi connectivity index (χ0n) is 25.7. The maximum Gasteiger partial charge on any atom is 0.160 e. The standard InChI is InChI=1S/C44H25N3S/c1-2-14-34-30(11-1)33-15-8-16-37-42(33)43(34)46-44(45-37)28-9-7-10-29(23-28)47-38-17-5-3-12-31(38)35-24-26(19-21-39(35)47)27-20-22-41-36(25-27)32-13-4-6-18-40(32)48-41/h1-25H. The number of hydrogen-bond donors (Lipinski definition) is 0. The fourth-order valence-corrected chi connectivity index (χ4v) is 8.86. The van der Waals surface area contributed by atoms with E-state index in [2.05, 4.69) is 156 Å². The van der Waals surface area contributed by atoms with Gasteiger partial charge in [-0.1, -0.05) is 97.1 Å². The van der Waals surface area contributed by atoms with Gasteiger partial charge in [0.1, 0.15) is 0 Å². The van der Waals surface area contributed by atoms with Crippen LogP contribution >= 0.6 is 11.3 Å². The minimum absolute atomic E-state index is 0.743. The second-order valence-corrected chi connectivity index (χ2v) is 13.7. The van der Waals surface area contributed by atoms with Gasteiger partial charge >= 0.3 is 0 Å². The summed E-state index contributed by atoms with van der Waals surface area (Å²) < 4.78 is 5.03. The molecule has 3 nitrogen and oxygen atoms in total. The van der Waals surface area contributed by atoms with Crippen LogP contribution in [0, 0.1) is 0 Å². The number of benzene rings is 7. The molecule has 3 heterocycles. The first kappa shape index (κ1) is 26.0. The van der Waals surface area contributed by atoms with Crippen LogP contribution in [0.25, 0.3) is 103 Å². The van der Waals surface area contributed by atoms with Gasteiger partial charge in [-0.25, -0.2) is 9.97 Å². The first-order chi connectivity index (χ1) is 23.8. The lowest BCUT2D eigenvalue weighted by atomic mass is 10.0. The molecule has 0 spiro atoms. The summed E-state index contributed by atoms with van der Waals surface area (Å²) in [6, 6.07) is 54.8. The average molecular weight is 628 g/mol. The third-order valence-electron chi connectivity index (χ3n) is 9.94. The Bertz CT molecular complexity index is 2960. The van der Waals surface area contributed by atoms with Crippen molar-refractivity contribution in [2.24, 2.45) is 0 Å². The summed E-state index contributed by atoms with van der Waals surface area (Å²) in [5, 5.41) is 6.26. The van der Waals surface area contributed by atoms with Gasteiger partial charge in [0.15, 0.2) is 5.82 Å². The summed E-state index contributed by atoms with van der Waals surface area (Å²) in [5.74, 6) is 0.743. The fourth-order valence-electron chi connectivity index (χ4n) is 7.78. The number of para-hydroxylation sites is 1. The van der Waals surface area contributed by atoms with E-state index < -0.39 is 0 Å². The summed E-state index contributed by atoms with van der Waals surface area (Å²) in [6.07, 6.45) is 0. The molecule has 222 valence electrons. The van der Waals surface area contributed by atoms with Crippen molar-refractivity contribution in [1.29, 1.82) is 0 Å². The minimum atomic E-state index is 0.743. The van der Waals surface area contributed by atoms with E-state index in [0.29, 0.717) is 0 Å². The van der Waals surface area contributed by atoms with Crippen LogP contribution in [0.5, 0.6) is 0 Å². The Kier molecular flexibility index (Phi) is 5.26. The van der Waals surface area contributed by atoms with Crippen molar-refractivity contribution in [3.8, 4) is 50.6 Å². The normalized spacial score (nSPS) is 12.2. The minimum Gasteiger partial charge on any atom is -0.309 e. The molecule has 4 heteroatoms. The molecule has 3 aromatic heterocycles. The number of fused-ring (bicyclic) bond motifs is 9. The molecule has 0 fully saturated rings. The van der Waals surface area contributed by atoms with E-state index in [1.165, 1.54) is 69.8 Å². The van der Waals surface area contributed by atoms with E-state index in [-0.39, 0.29) is 0 Å².